The lowest BCUT2D eigenvalue weighted by Gasteiger charge is -2.19. The van der Waals surface area contributed by atoms with Gasteiger partial charge in [-0.05, 0) is 47.7 Å². The largest absolute Gasteiger partial charge is 0.307 e. The Morgan fingerprint density at radius 1 is 1.05 bits per heavy atom. The third kappa shape index (κ3) is 4.02. The minimum absolute atomic E-state index is 0.194. The van der Waals surface area contributed by atoms with E-state index in [1.807, 2.05) is 30.0 Å². The molecule has 1 unspecified atom stereocenters. The van der Waals surface area contributed by atoms with E-state index < -0.39 is 0 Å². The first kappa shape index (κ1) is 15.4. The van der Waals surface area contributed by atoms with E-state index in [4.69, 9.17) is 11.6 Å². The van der Waals surface area contributed by atoms with Gasteiger partial charge in [-0.2, -0.15) is 0 Å². The van der Waals surface area contributed by atoms with E-state index >= 15 is 0 Å². The molecule has 0 spiro atoms. The Hall–Kier alpha value is -0.960. The van der Waals surface area contributed by atoms with Crippen molar-refractivity contribution >= 4 is 23.4 Å². The van der Waals surface area contributed by atoms with Crippen molar-refractivity contribution in [2.45, 2.75) is 24.8 Å². The maximum Gasteiger partial charge on any atom is 0.0577 e. The summed E-state index contributed by atoms with van der Waals surface area (Å²) in [5, 5.41) is 4.31. The van der Waals surface area contributed by atoms with E-state index in [2.05, 4.69) is 49.5 Å². The number of benzene rings is 2. The number of rotatable bonds is 6. The second-order valence-corrected chi connectivity index (χ2v) is 6.32. The van der Waals surface area contributed by atoms with E-state index in [0.717, 1.165) is 17.3 Å². The molecule has 1 atom stereocenters. The SMILES string of the molecule is CCNC(c1ccc(SCC)cc1)c1cccc(Cl)c1. The minimum atomic E-state index is 0.194. The van der Waals surface area contributed by atoms with Crippen molar-refractivity contribution in [3.8, 4) is 0 Å². The first-order chi connectivity index (χ1) is 9.74. The van der Waals surface area contributed by atoms with Crippen LogP contribution in [-0.4, -0.2) is 12.3 Å². The fourth-order valence-electron chi connectivity index (χ4n) is 2.24. The zero-order valence-electron chi connectivity index (χ0n) is 11.9. The molecule has 1 N–H and O–H groups in total. The summed E-state index contributed by atoms with van der Waals surface area (Å²) < 4.78 is 0. The standard InChI is InChI=1S/C17H20ClNS/c1-3-19-17(14-6-5-7-15(18)12-14)13-8-10-16(11-9-13)20-4-2/h5-12,17,19H,3-4H2,1-2H3. The van der Waals surface area contributed by atoms with Crippen molar-refractivity contribution in [2.24, 2.45) is 0 Å². The molecule has 0 radical (unpaired) electrons. The molecule has 0 amide bonds. The Kier molecular flexibility index (Phi) is 5.96. The fourth-order valence-corrected chi connectivity index (χ4v) is 3.10. The van der Waals surface area contributed by atoms with Gasteiger partial charge in [-0.25, -0.2) is 0 Å². The molecule has 2 rings (SSSR count). The van der Waals surface area contributed by atoms with Gasteiger partial charge in [-0.3, -0.25) is 0 Å². The Labute approximate surface area is 130 Å². The molecule has 3 heteroatoms. The lowest BCUT2D eigenvalue weighted by molar-refractivity contribution is 0.630. The van der Waals surface area contributed by atoms with Gasteiger partial charge in [0, 0.05) is 9.92 Å². The first-order valence-corrected chi connectivity index (χ1v) is 8.32. The highest BCUT2D eigenvalue weighted by Gasteiger charge is 2.13. The summed E-state index contributed by atoms with van der Waals surface area (Å²) in [6, 6.07) is 17.0. The minimum Gasteiger partial charge on any atom is -0.307 e. The lowest BCUT2D eigenvalue weighted by atomic mass is 9.99. The van der Waals surface area contributed by atoms with Gasteiger partial charge in [0.15, 0.2) is 0 Å². The summed E-state index contributed by atoms with van der Waals surface area (Å²) in [4.78, 5) is 1.32. The zero-order valence-corrected chi connectivity index (χ0v) is 13.5. The topological polar surface area (TPSA) is 12.0 Å². The predicted molar refractivity (Wildman–Crippen MR) is 89.8 cm³/mol. The van der Waals surface area contributed by atoms with Gasteiger partial charge in [-0.15, -0.1) is 11.8 Å². The molecule has 0 aliphatic carbocycles. The molecule has 0 saturated heterocycles. The third-order valence-corrected chi connectivity index (χ3v) is 4.24. The number of halogens is 1. The van der Waals surface area contributed by atoms with Crippen molar-refractivity contribution in [3.63, 3.8) is 0 Å². The maximum atomic E-state index is 6.11. The van der Waals surface area contributed by atoms with E-state index in [1.54, 1.807) is 0 Å². The summed E-state index contributed by atoms with van der Waals surface area (Å²) >= 11 is 7.98. The highest BCUT2D eigenvalue weighted by Crippen LogP contribution is 2.26. The van der Waals surface area contributed by atoms with E-state index in [9.17, 15) is 0 Å². The van der Waals surface area contributed by atoms with Crippen LogP contribution < -0.4 is 5.32 Å². The monoisotopic (exact) mass is 305 g/mol. The summed E-state index contributed by atoms with van der Waals surface area (Å²) in [6.07, 6.45) is 0. The molecular weight excluding hydrogens is 286 g/mol. The average molecular weight is 306 g/mol. The molecule has 0 heterocycles. The van der Waals surface area contributed by atoms with E-state index in [0.29, 0.717) is 0 Å². The van der Waals surface area contributed by atoms with Crippen LogP contribution in [0.4, 0.5) is 0 Å². The zero-order chi connectivity index (χ0) is 14.4. The van der Waals surface area contributed by atoms with Gasteiger partial charge in [0.1, 0.15) is 0 Å². The molecule has 0 saturated carbocycles. The van der Waals surface area contributed by atoms with Gasteiger partial charge >= 0.3 is 0 Å². The molecule has 0 aliphatic rings. The fraction of sp³-hybridized carbons (Fsp3) is 0.294. The quantitative estimate of drug-likeness (QED) is 0.741. The van der Waals surface area contributed by atoms with Crippen LogP contribution in [-0.2, 0) is 0 Å². The lowest BCUT2D eigenvalue weighted by Crippen LogP contribution is -2.21. The van der Waals surface area contributed by atoms with E-state index in [1.165, 1.54) is 16.0 Å². The van der Waals surface area contributed by atoms with Gasteiger partial charge in [0.2, 0.25) is 0 Å². The third-order valence-electron chi connectivity index (χ3n) is 3.11. The Balaban J connectivity index is 2.28. The Morgan fingerprint density at radius 2 is 1.80 bits per heavy atom. The summed E-state index contributed by atoms with van der Waals surface area (Å²) in [6.45, 7) is 5.22. The maximum absolute atomic E-state index is 6.11. The van der Waals surface area contributed by atoms with Crippen LogP contribution in [0.1, 0.15) is 31.0 Å². The summed E-state index contributed by atoms with van der Waals surface area (Å²) in [5.74, 6) is 1.10. The predicted octanol–water partition coefficient (Wildman–Crippen LogP) is 5.15. The average Bonchev–Trinajstić information content (AvgIpc) is 2.46. The number of nitrogens with one attached hydrogen (secondary N) is 1. The van der Waals surface area contributed by atoms with Crippen LogP contribution in [0.2, 0.25) is 5.02 Å². The van der Waals surface area contributed by atoms with Crippen LogP contribution in [0.15, 0.2) is 53.4 Å². The molecule has 1 nitrogen and oxygen atoms in total. The molecule has 106 valence electrons. The molecule has 0 fully saturated rings. The molecule has 0 aliphatic heterocycles. The highest BCUT2D eigenvalue weighted by atomic mass is 35.5. The van der Waals surface area contributed by atoms with Gasteiger partial charge in [0.25, 0.3) is 0 Å². The van der Waals surface area contributed by atoms with Gasteiger partial charge in [0.05, 0.1) is 6.04 Å². The summed E-state index contributed by atoms with van der Waals surface area (Å²) in [7, 11) is 0. The number of hydrogen-bond acceptors (Lipinski definition) is 2. The van der Waals surface area contributed by atoms with Crippen molar-refractivity contribution < 1.29 is 0 Å². The van der Waals surface area contributed by atoms with Crippen molar-refractivity contribution in [2.75, 3.05) is 12.3 Å². The van der Waals surface area contributed by atoms with Crippen LogP contribution in [0.25, 0.3) is 0 Å². The highest BCUT2D eigenvalue weighted by molar-refractivity contribution is 7.99. The normalized spacial score (nSPS) is 12.3. The molecular formula is C17H20ClNS. The second-order valence-electron chi connectivity index (χ2n) is 4.55. The van der Waals surface area contributed by atoms with Gasteiger partial charge < -0.3 is 5.32 Å². The van der Waals surface area contributed by atoms with Crippen molar-refractivity contribution in [1.29, 1.82) is 0 Å². The Bertz CT molecular complexity index is 539. The molecule has 0 bridgehead atoms. The van der Waals surface area contributed by atoms with Crippen LogP contribution in [0.5, 0.6) is 0 Å². The summed E-state index contributed by atoms with van der Waals surface area (Å²) in [5.41, 5.74) is 2.48. The smallest absolute Gasteiger partial charge is 0.0577 e. The van der Waals surface area contributed by atoms with Crippen molar-refractivity contribution in [3.05, 3.63) is 64.7 Å². The van der Waals surface area contributed by atoms with Crippen molar-refractivity contribution in [1.82, 2.24) is 5.32 Å². The molecule has 2 aromatic rings. The molecule has 2 aromatic carbocycles. The second kappa shape index (κ2) is 7.72. The first-order valence-electron chi connectivity index (χ1n) is 6.96. The van der Waals surface area contributed by atoms with Crippen LogP contribution >= 0.6 is 23.4 Å². The van der Waals surface area contributed by atoms with Crippen LogP contribution in [0.3, 0.4) is 0 Å². The Morgan fingerprint density at radius 3 is 2.40 bits per heavy atom. The molecule has 20 heavy (non-hydrogen) atoms. The van der Waals surface area contributed by atoms with Gasteiger partial charge in [-0.1, -0.05) is 49.7 Å². The van der Waals surface area contributed by atoms with Crippen LogP contribution in [0, 0.1) is 0 Å². The molecule has 0 aromatic heterocycles. The van der Waals surface area contributed by atoms with E-state index in [-0.39, 0.29) is 6.04 Å². The number of hydrogen-bond donors (Lipinski definition) is 1. The number of thioether (sulfide) groups is 1.